The second kappa shape index (κ2) is 6.55. The molecule has 110 valence electrons. The van der Waals surface area contributed by atoms with E-state index in [2.05, 4.69) is 4.98 Å². The Kier molecular flexibility index (Phi) is 4.54. The standard InChI is InChI=1S/C13H14N4O4/c14-11(17(19)13(15)18)5-3-9-4-6-12(20-9)21-10-2-1-7-16-8-10/h1-8,11,19H,14H2,(H2,15,18)/b5-3+. The predicted molar refractivity (Wildman–Crippen MR) is 73.2 cm³/mol. The van der Waals surface area contributed by atoms with Crippen molar-refractivity contribution in [1.29, 1.82) is 0 Å². The molecule has 8 nitrogen and oxygen atoms in total. The Labute approximate surface area is 120 Å². The van der Waals surface area contributed by atoms with Crippen LogP contribution in [0.2, 0.25) is 0 Å². The third-order valence-electron chi connectivity index (χ3n) is 2.42. The van der Waals surface area contributed by atoms with Crippen molar-refractivity contribution in [1.82, 2.24) is 10.0 Å². The highest BCUT2D eigenvalue weighted by atomic mass is 16.6. The zero-order valence-corrected chi connectivity index (χ0v) is 10.9. The van der Waals surface area contributed by atoms with E-state index in [0.717, 1.165) is 0 Å². The van der Waals surface area contributed by atoms with E-state index in [1.54, 1.807) is 36.7 Å². The number of hydroxylamine groups is 2. The number of hydrogen-bond donors (Lipinski definition) is 3. The SMILES string of the molecule is NC(=O)N(O)C(N)/C=C/c1ccc(Oc2cccnc2)o1. The summed E-state index contributed by atoms with van der Waals surface area (Å²) in [6.45, 7) is 0. The first-order valence-corrected chi connectivity index (χ1v) is 5.95. The maximum absolute atomic E-state index is 10.7. The Morgan fingerprint density at radius 2 is 2.29 bits per heavy atom. The molecule has 8 heteroatoms. The van der Waals surface area contributed by atoms with Crippen LogP contribution in [0.25, 0.3) is 6.08 Å². The Morgan fingerprint density at radius 1 is 1.48 bits per heavy atom. The van der Waals surface area contributed by atoms with Crippen LogP contribution in [0.4, 0.5) is 4.79 Å². The first-order chi connectivity index (χ1) is 10.1. The van der Waals surface area contributed by atoms with Crippen LogP contribution >= 0.6 is 0 Å². The molecular formula is C13H14N4O4. The van der Waals surface area contributed by atoms with Gasteiger partial charge in [-0.3, -0.25) is 10.2 Å². The predicted octanol–water partition coefficient (Wildman–Crippen LogP) is 1.53. The van der Waals surface area contributed by atoms with E-state index in [4.69, 9.17) is 20.6 Å². The van der Waals surface area contributed by atoms with Gasteiger partial charge in [0.15, 0.2) is 0 Å². The molecule has 1 atom stereocenters. The molecule has 0 bridgehead atoms. The molecule has 0 aliphatic heterocycles. The average Bonchev–Trinajstić information content (AvgIpc) is 2.92. The number of nitrogens with zero attached hydrogens (tertiary/aromatic N) is 2. The highest BCUT2D eigenvalue weighted by Crippen LogP contribution is 2.23. The molecule has 2 heterocycles. The van der Waals surface area contributed by atoms with Gasteiger partial charge in [0.05, 0.1) is 6.20 Å². The van der Waals surface area contributed by atoms with E-state index in [1.807, 2.05) is 0 Å². The first kappa shape index (κ1) is 14.6. The van der Waals surface area contributed by atoms with Crippen molar-refractivity contribution in [3.63, 3.8) is 0 Å². The summed E-state index contributed by atoms with van der Waals surface area (Å²) in [4.78, 5) is 14.6. The van der Waals surface area contributed by atoms with Crippen molar-refractivity contribution in [2.45, 2.75) is 6.17 Å². The average molecular weight is 290 g/mol. The molecule has 2 aromatic rings. The van der Waals surface area contributed by atoms with Gasteiger partial charge in [0.25, 0.3) is 5.95 Å². The van der Waals surface area contributed by atoms with E-state index in [9.17, 15) is 10.0 Å². The summed E-state index contributed by atoms with van der Waals surface area (Å²) >= 11 is 0. The molecular weight excluding hydrogens is 276 g/mol. The molecule has 21 heavy (non-hydrogen) atoms. The zero-order chi connectivity index (χ0) is 15.2. The molecule has 0 aromatic carbocycles. The van der Waals surface area contributed by atoms with Crippen molar-refractivity contribution < 1.29 is 19.2 Å². The molecule has 0 fully saturated rings. The van der Waals surface area contributed by atoms with Gasteiger partial charge in [-0.05, 0) is 30.4 Å². The van der Waals surface area contributed by atoms with Crippen LogP contribution in [0.15, 0.2) is 47.2 Å². The van der Waals surface area contributed by atoms with E-state index in [1.165, 1.54) is 12.2 Å². The normalized spacial score (nSPS) is 12.3. The van der Waals surface area contributed by atoms with Crippen LogP contribution < -0.4 is 16.2 Å². The second-order valence-electron chi connectivity index (χ2n) is 3.98. The quantitative estimate of drug-likeness (QED) is 0.435. The molecule has 1 unspecified atom stereocenters. The number of furan rings is 1. The van der Waals surface area contributed by atoms with Crippen LogP contribution in [-0.2, 0) is 0 Å². The maximum atomic E-state index is 10.7. The number of carbonyl (C=O) groups is 1. The summed E-state index contributed by atoms with van der Waals surface area (Å²) in [5.74, 6) is 1.24. The molecule has 2 aromatic heterocycles. The lowest BCUT2D eigenvalue weighted by Gasteiger charge is -2.16. The van der Waals surface area contributed by atoms with Gasteiger partial charge in [-0.1, -0.05) is 0 Å². The van der Waals surface area contributed by atoms with Crippen LogP contribution in [0, 0.1) is 0 Å². The van der Waals surface area contributed by atoms with Crippen LogP contribution in [0.1, 0.15) is 5.76 Å². The number of pyridine rings is 1. The van der Waals surface area contributed by atoms with Gasteiger partial charge in [-0.15, -0.1) is 0 Å². The maximum Gasteiger partial charge on any atom is 0.340 e. The fourth-order valence-electron chi connectivity index (χ4n) is 1.42. The van der Waals surface area contributed by atoms with Gasteiger partial charge in [-0.25, -0.2) is 4.79 Å². The van der Waals surface area contributed by atoms with Crippen LogP contribution in [0.3, 0.4) is 0 Å². The van der Waals surface area contributed by atoms with E-state index >= 15 is 0 Å². The molecule has 0 saturated heterocycles. The number of nitrogens with two attached hydrogens (primary N) is 2. The fourth-order valence-corrected chi connectivity index (χ4v) is 1.42. The number of ether oxygens (including phenoxy) is 1. The number of rotatable bonds is 5. The topological polar surface area (TPSA) is 128 Å². The number of aromatic nitrogens is 1. The first-order valence-electron chi connectivity index (χ1n) is 5.95. The summed E-state index contributed by atoms with van der Waals surface area (Å²) in [5, 5.41) is 9.39. The van der Waals surface area contributed by atoms with Gasteiger partial charge >= 0.3 is 6.03 Å². The molecule has 0 aliphatic carbocycles. The fraction of sp³-hybridized carbons (Fsp3) is 0.0769. The lowest BCUT2D eigenvalue weighted by molar-refractivity contribution is -0.0592. The number of hydrogen-bond acceptors (Lipinski definition) is 6. The minimum absolute atomic E-state index is 0.201. The zero-order valence-electron chi connectivity index (χ0n) is 10.9. The molecule has 0 aliphatic rings. The van der Waals surface area contributed by atoms with Crippen LogP contribution in [-0.4, -0.2) is 27.5 Å². The van der Waals surface area contributed by atoms with E-state index in [-0.39, 0.29) is 11.0 Å². The van der Waals surface area contributed by atoms with Gasteiger partial charge in [0, 0.05) is 12.3 Å². The molecule has 5 N–H and O–H groups in total. The van der Waals surface area contributed by atoms with Gasteiger partial charge in [-0.2, -0.15) is 5.06 Å². The summed E-state index contributed by atoms with van der Waals surface area (Å²) in [7, 11) is 0. The minimum atomic E-state index is -1.07. The molecule has 0 radical (unpaired) electrons. The molecule has 0 spiro atoms. The summed E-state index contributed by atoms with van der Waals surface area (Å²) in [5.41, 5.74) is 10.4. The third-order valence-corrected chi connectivity index (χ3v) is 2.42. The second-order valence-corrected chi connectivity index (χ2v) is 3.98. The van der Waals surface area contributed by atoms with Crippen molar-refractivity contribution >= 4 is 12.1 Å². The van der Waals surface area contributed by atoms with Crippen molar-refractivity contribution in [3.8, 4) is 11.7 Å². The van der Waals surface area contributed by atoms with Crippen molar-refractivity contribution in [3.05, 3.63) is 48.5 Å². The highest BCUT2D eigenvalue weighted by molar-refractivity contribution is 5.71. The number of primary amides is 1. The molecule has 2 amide bonds. The third kappa shape index (κ3) is 4.06. The van der Waals surface area contributed by atoms with Crippen molar-refractivity contribution in [2.75, 3.05) is 0 Å². The van der Waals surface area contributed by atoms with Crippen molar-refractivity contribution in [2.24, 2.45) is 11.5 Å². The van der Waals surface area contributed by atoms with Gasteiger partial charge < -0.3 is 20.6 Å². The molecule has 0 saturated carbocycles. The minimum Gasteiger partial charge on any atom is -0.426 e. The van der Waals surface area contributed by atoms with Crippen LogP contribution in [0.5, 0.6) is 11.7 Å². The van der Waals surface area contributed by atoms with E-state index < -0.39 is 12.2 Å². The Hall–Kier alpha value is -2.84. The Morgan fingerprint density at radius 3 is 2.95 bits per heavy atom. The lowest BCUT2D eigenvalue weighted by Crippen LogP contribution is -2.45. The number of urea groups is 1. The number of amides is 2. The highest BCUT2D eigenvalue weighted by Gasteiger charge is 2.12. The summed E-state index contributed by atoms with van der Waals surface area (Å²) in [6.07, 6.45) is 4.92. The smallest absolute Gasteiger partial charge is 0.340 e. The summed E-state index contributed by atoms with van der Waals surface area (Å²) in [6, 6.07) is 5.67. The largest absolute Gasteiger partial charge is 0.426 e. The lowest BCUT2D eigenvalue weighted by atomic mass is 10.3. The number of carbonyl (C=O) groups excluding carboxylic acids is 1. The molecule has 2 rings (SSSR count). The monoisotopic (exact) mass is 290 g/mol. The summed E-state index contributed by atoms with van der Waals surface area (Å²) < 4.78 is 10.8. The van der Waals surface area contributed by atoms with Gasteiger partial charge in [0.2, 0.25) is 0 Å². The van der Waals surface area contributed by atoms with E-state index in [0.29, 0.717) is 11.5 Å². The Balaban J connectivity index is 1.98. The van der Waals surface area contributed by atoms with Gasteiger partial charge in [0.1, 0.15) is 17.7 Å². The Bertz CT molecular complexity index is 626.